The summed E-state index contributed by atoms with van der Waals surface area (Å²) in [7, 11) is 0. The number of aryl methyl sites for hydroxylation is 1. The number of nitrogens with zero attached hydrogens (tertiary/aromatic N) is 6. The third-order valence-corrected chi connectivity index (χ3v) is 5.86. The molecule has 1 amide bonds. The van der Waals surface area contributed by atoms with Crippen molar-refractivity contribution in [2.75, 3.05) is 23.5 Å². The van der Waals surface area contributed by atoms with Crippen LogP contribution in [0, 0.1) is 12.8 Å². The monoisotopic (exact) mass is 475 g/mol. The minimum atomic E-state index is -4.50. The molecular formula is C23H28F3N7O. The molecule has 182 valence electrons. The van der Waals surface area contributed by atoms with Gasteiger partial charge in [-0.2, -0.15) is 28.5 Å². The molecule has 0 saturated carbocycles. The van der Waals surface area contributed by atoms with E-state index in [9.17, 15) is 18.0 Å². The SMILES string of the molecule is C=NN(/N=C\C)c1cccc(C)c1C(=O)N1CCC[C@@H](C)[C@H]1CNc1ncc(C(F)(F)F)cn1. The summed E-state index contributed by atoms with van der Waals surface area (Å²) in [5.41, 5.74) is 0.862. The van der Waals surface area contributed by atoms with Crippen LogP contribution in [0.2, 0.25) is 0 Å². The van der Waals surface area contributed by atoms with Crippen LogP contribution in [0.4, 0.5) is 24.8 Å². The van der Waals surface area contributed by atoms with Crippen LogP contribution in [-0.4, -0.2) is 52.8 Å². The van der Waals surface area contributed by atoms with Gasteiger partial charge in [-0.3, -0.25) is 4.79 Å². The fourth-order valence-corrected chi connectivity index (χ4v) is 4.10. The van der Waals surface area contributed by atoms with E-state index < -0.39 is 11.7 Å². The van der Waals surface area contributed by atoms with E-state index >= 15 is 0 Å². The lowest BCUT2D eigenvalue weighted by Gasteiger charge is -2.40. The fraction of sp³-hybridized carbons (Fsp3) is 0.435. The number of carbonyl (C=O) groups excluding carboxylic acids is 1. The van der Waals surface area contributed by atoms with Crippen molar-refractivity contribution in [1.82, 2.24) is 14.9 Å². The lowest BCUT2D eigenvalue weighted by Crippen LogP contribution is -2.51. The van der Waals surface area contributed by atoms with Crippen molar-refractivity contribution < 1.29 is 18.0 Å². The van der Waals surface area contributed by atoms with Gasteiger partial charge in [0.05, 0.1) is 22.9 Å². The molecule has 2 aromatic rings. The van der Waals surface area contributed by atoms with Gasteiger partial charge in [-0.15, -0.1) is 0 Å². The topological polar surface area (TPSA) is 86.1 Å². The number of halogens is 3. The van der Waals surface area contributed by atoms with Gasteiger partial charge >= 0.3 is 6.18 Å². The first-order valence-electron chi connectivity index (χ1n) is 11.0. The zero-order chi connectivity index (χ0) is 24.9. The molecule has 0 unspecified atom stereocenters. The van der Waals surface area contributed by atoms with Crippen molar-refractivity contribution in [3.8, 4) is 0 Å². The Morgan fingerprint density at radius 1 is 1.35 bits per heavy atom. The highest BCUT2D eigenvalue weighted by Gasteiger charge is 2.35. The zero-order valence-electron chi connectivity index (χ0n) is 19.4. The van der Waals surface area contributed by atoms with Gasteiger partial charge in [0.1, 0.15) is 0 Å². The quantitative estimate of drug-likeness (QED) is 0.468. The van der Waals surface area contributed by atoms with E-state index in [0.717, 1.165) is 30.8 Å². The van der Waals surface area contributed by atoms with E-state index in [1.165, 1.54) is 5.12 Å². The van der Waals surface area contributed by atoms with Gasteiger partial charge in [0.2, 0.25) is 5.95 Å². The number of benzene rings is 1. The molecule has 2 atom stereocenters. The molecule has 8 nitrogen and oxygen atoms in total. The van der Waals surface area contributed by atoms with Gasteiger partial charge in [0.25, 0.3) is 5.91 Å². The highest BCUT2D eigenvalue weighted by atomic mass is 19.4. The average molecular weight is 476 g/mol. The second kappa shape index (κ2) is 10.6. The van der Waals surface area contributed by atoms with Gasteiger partial charge < -0.3 is 10.2 Å². The molecule has 1 N–H and O–H groups in total. The lowest BCUT2D eigenvalue weighted by molar-refractivity contribution is -0.138. The summed E-state index contributed by atoms with van der Waals surface area (Å²) in [6.45, 7) is 10.1. The number of anilines is 2. The van der Waals surface area contributed by atoms with Crippen molar-refractivity contribution in [2.24, 2.45) is 16.1 Å². The van der Waals surface area contributed by atoms with Crippen molar-refractivity contribution in [3.63, 3.8) is 0 Å². The third-order valence-electron chi connectivity index (χ3n) is 5.86. The van der Waals surface area contributed by atoms with Gasteiger partial charge in [-0.25, -0.2) is 9.97 Å². The second-order valence-corrected chi connectivity index (χ2v) is 8.13. The first-order chi connectivity index (χ1) is 16.2. The number of carbonyl (C=O) groups is 1. The summed E-state index contributed by atoms with van der Waals surface area (Å²) in [6.07, 6.45) is 0.315. The van der Waals surface area contributed by atoms with Crippen molar-refractivity contribution in [3.05, 3.63) is 47.3 Å². The molecule has 1 saturated heterocycles. The van der Waals surface area contributed by atoms with E-state index in [1.807, 2.05) is 19.1 Å². The number of likely N-dealkylation sites (tertiary alicyclic amines) is 1. The van der Waals surface area contributed by atoms with Crippen molar-refractivity contribution in [1.29, 1.82) is 0 Å². The van der Waals surface area contributed by atoms with Crippen LogP contribution in [-0.2, 0) is 6.18 Å². The Balaban J connectivity index is 1.85. The number of hydrogen-bond donors (Lipinski definition) is 1. The van der Waals surface area contributed by atoms with E-state index in [0.29, 0.717) is 24.3 Å². The highest BCUT2D eigenvalue weighted by Crippen LogP contribution is 2.31. The smallest absolute Gasteiger partial charge is 0.352 e. The van der Waals surface area contributed by atoms with Crippen LogP contribution in [0.1, 0.15) is 48.2 Å². The van der Waals surface area contributed by atoms with Gasteiger partial charge in [-0.05, 0) is 44.2 Å². The summed E-state index contributed by atoms with van der Waals surface area (Å²) in [6, 6.07) is 5.23. The number of piperidine rings is 1. The Kier molecular flexibility index (Phi) is 7.85. The van der Waals surface area contributed by atoms with E-state index in [1.54, 1.807) is 24.1 Å². The largest absolute Gasteiger partial charge is 0.419 e. The number of amides is 1. The normalized spacial score (nSPS) is 18.7. The molecule has 1 aliphatic heterocycles. The van der Waals surface area contributed by atoms with Gasteiger partial charge in [0, 0.05) is 38.4 Å². The highest BCUT2D eigenvalue weighted by molar-refractivity contribution is 6.01. The van der Waals surface area contributed by atoms with Crippen LogP contribution in [0.15, 0.2) is 40.8 Å². The second-order valence-electron chi connectivity index (χ2n) is 8.13. The molecule has 11 heteroatoms. The summed E-state index contributed by atoms with van der Waals surface area (Å²) in [5.74, 6) is 0.0724. The Hall–Kier alpha value is -3.50. The number of alkyl halides is 3. The Labute approximate surface area is 196 Å². The molecule has 1 aromatic carbocycles. The minimum Gasteiger partial charge on any atom is -0.352 e. The van der Waals surface area contributed by atoms with E-state index in [-0.39, 0.29) is 23.8 Å². The molecule has 2 heterocycles. The molecule has 1 aliphatic rings. The van der Waals surface area contributed by atoms with Gasteiger partial charge in [-0.1, -0.05) is 19.1 Å². The first kappa shape index (κ1) is 25.1. The standard InChI is InChI=1S/C23H28F3N7O/c1-5-31-33(27-4)18-10-6-8-16(3)20(18)21(34)32-11-7-9-15(2)19(32)14-30-22-28-12-17(13-29-22)23(24,25)26/h5-6,8,10,12-13,15,19H,4,7,9,11,14H2,1-3H3,(H,28,29,30)/b31-5-/t15-,19-/m1/s1. The van der Waals surface area contributed by atoms with E-state index in [2.05, 4.69) is 39.1 Å². The maximum atomic E-state index is 13.8. The van der Waals surface area contributed by atoms with Crippen LogP contribution in [0.3, 0.4) is 0 Å². The summed E-state index contributed by atoms with van der Waals surface area (Å²) in [4.78, 5) is 23.1. The van der Waals surface area contributed by atoms with E-state index in [4.69, 9.17) is 0 Å². The maximum Gasteiger partial charge on any atom is 0.419 e. The summed E-state index contributed by atoms with van der Waals surface area (Å²) >= 11 is 0. The number of hydrazone groups is 2. The summed E-state index contributed by atoms with van der Waals surface area (Å²) in [5, 5.41) is 12.4. The predicted octanol–water partition coefficient (Wildman–Crippen LogP) is 4.58. The average Bonchev–Trinajstić information content (AvgIpc) is 2.80. The Morgan fingerprint density at radius 3 is 2.68 bits per heavy atom. The maximum absolute atomic E-state index is 13.8. The first-order valence-corrected chi connectivity index (χ1v) is 11.0. The molecule has 0 aliphatic carbocycles. The zero-order valence-corrected chi connectivity index (χ0v) is 19.4. The lowest BCUT2D eigenvalue weighted by atomic mass is 9.89. The molecule has 0 spiro atoms. The number of nitrogens with one attached hydrogen (secondary N) is 1. The molecule has 0 bridgehead atoms. The minimum absolute atomic E-state index is 0.0778. The van der Waals surface area contributed by atoms with Crippen LogP contribution >= 0.6 is 0 Å². The number of hydrogen-bond acceptors (Lipinski definition) is 7. The fourth-order valence-electron chi connectivity index (χ4n) is 4.10. The van der Waals surface area contributed by atoms with Crippen LogP contribution < -0.4 is 10.4 Å². The van der Waals surface area contributed by atoms with Crippen LogP contribution in [0.5, 0.6) is 0 Å². The molecule has 0 radical (unpaired) electrons. The molecule has 1 fully saturated rings. The predicted molar refractivity (Wildman–Crippen MR) is 126 cm³/mol. The number of rotatable bonds is 7. The third kappa shape index (κ3) is 5.52. The van der Waals surface area contributed by atoms with Gasteiger partial charge in [0.15, 0.2) is 0 Å². The molecular weight excluding hydrogens is 447 g/mol. The summed E-state index contributed by atoms with van der Waals surface area (Å²) < 4.78 is 38.3. The van der Waals surface area contributed by atoms with Crippen molar-refractivity contribution in [2.45, 2.75) is 45.8 Å². The molecule has 3 rings (SSSR count). The molecule has 34 heavy (non-hydrogen) atoms. The Morgan fingerprint density at radius 2 is 2.06 bits per heavy atom. The van der Waals surface area contributed by atoms with Crippen molar-refractivity contribution >= 4 is 30.5 Å². The molecule has 1 aromatic heterocycles. The number of aromatic nitrogens is 2. The Bertz CT molecular complexity index is 1040. The van der Waals surface area contributed by atoms with Crippen LogP contribution in [0.25, 0.3) is 0 Å².